The van der Waals surface area contributed by atoms with Crippen LogP contribution in [0, 0.1) is 0 Å². The molecule has 6 nitrogen and oxygen atoms in total. The Balaban J connectivity index is 1.52. The van der Waals surface area contributed by atoms with E-state index in [1.807, 2.05) is 77.4 Å². The zero-order valence-corrected chi connectivity index (χ0v) is 21.7. The summed E-state index contributed by atoms with van der Waals surface area (Å²) in [7, 11) is 0. The van der Waals surface area contributed by atoms with Crippen LogP contribution in [0.4, 0.5) is 11.4 Å². The number of halogens is 2. The van der Waals surface area contributed by atoms with E-state index in [9.17, 15) is 4.79 Å². The molecule has 3 aromatic carbocycles. The number of nitrogens with zero attached hydrogens (tertiary/aromatic N) is 4. The molecule has 0 fully saturated rings. The van der Waals surface area contributed by atoms with Crippen LogP contribution >= 0.6 is 35.0 Å². The third kappa shape index (κ3) is 6.17. The molecule has 1 N–H and O–H groups in total. The van der Waals surface area contributed by atoms with Gasteiger partial charge < -0.3 is 10.2 Å². The van der Waals surface area contributed by atoms with Gasteiger partial charge in [-0.15, -0.1) is 10.2 Å². The molecule has 0 aliphatic carbocycles. The Morgan fingerprint density at radius 2 is 1.66 bits per heavy atom. The minimum atomic E-state index is -0.124. The molecule has 0 spiro atoms. The van der Waals surface area contributed by atoms with E-state index in [1.54, 1.807) is 0 Å². The Morgan fingerprint density at radius 1 is 0.943 bits per heavy atom. The molecule has 180 valence electrons. The van der Waals surface area contributed by atoms with E-state index < -0.39 is 0 Å². The first-order valence-corrected chi connectivity index (χ1v) is 13.0. The maximum atomic E-state index is 12.7. The van der Waals surface area contributed by atoms with Crippen molar-refractivity contribution in [2.45, 2.75) is 19.0 Å². The van der Waals surface area contributed by atoms with Gasteiger partial charge in [0.2, 0.25) is 5.91 Å². The summed E-state index contributed by atoms with van der Waals surface area (Å²) in [6.07, 6.45) is 0. The summed E-state index contributed by atoms with van der Waals surface area (Å²) in [4.78, 5) is 14.9. The zero-order chi connectivity index (χ0) is 24.8. The first-order valence-electron chi connectivity index (χ1n) is 11.2. The molecular weight excluding hydrogens is 501 g/mol. The minimum absolute atomic E-state index is 0.124. The van der Waals surface area contributed by atoms with Gasteiger partial charge in [0.05, 0.1) is 5.75 Å². The lowest BCUT2D eigenvalue weighted by Crippen LogP contribution is -2.21. The van der Waals surface area contributed by atoms with E-state index in [4.69, 9.17) is 23.2 Å². The SMILES string of the molecule is CCN(CC)c1ccc(NC(=O)CSc2nnc(-c3cccc(Cl)c3)n2-c2ccc(Cl)cc2)cc1. The highest BCUT2D eigenvalue weighted by Gasteiger charge is 2.18. The Labute approximate surface area is 219 Å². The second-order valence-electron chi connectivity index (χ2n) is 7.68. The first-order chi connectivity index (χ1) is 17.0. The summed E-state index contributed by atoms with van der Waals surface area (Å²) in [5, 5.41) is 13.5. The number of hydrogen-bond donors (Lipinski definition) is 1. The lowest BCUT2D eigenvalue weighted by atomic mass is 10.2. The Morgan fingerprint density at radius 3 is 2.31 bits per heavy atom. The summed E-state index contributed by atoms with van der Waals surface area (Å²) < 4.78 is 1.90. The number of anilines is 2. The number of nitrogens with one attached hydrogen (secondary N) is 1. The van der Waals surface area contributed by atoms with Gasteiger partial charge in [0.25, 0.3) is 0 Å². The molecule has 0 aliphatic heterocycles. The van der Waals surface area contributed by atoms with Gasteiger partial charge in [0, 0.05) is 45.8 Å². The van der Waals surface area contributed by atoms with Crippen LogP contribution < -0.4 is 10.2 Å². The van der Waals surface area contributed by atoms with Gasteiger partial charge in [-0.2, -0.15) is 0 Å². The second kappa shape index (κ2) is 11.6. The van der Waals surface area contributed by atoms with Crippen LogP contribution in [0.5, 0.6) is 0 Å². The number of aromatic nitrogens is 3. The van der Waals surface area contributed by atoms with Crippen molar-refractivity contribution in [3.8, 4) is 17.1 Å². The van der Waals surface area contributed by atoms with Crippen molar-refractivity contribution in [2.24, 2.45) is 0 Å². The van der Waals surface area contributed by atoms with Crippen molar-refractivity contribution in [2.75, 3.05) is 29.1 Å². The fourth-order valence-corrected chi connectivity index (χ4v) is 4.74. The second-order valence-corrected chi connectivity index (χ2v) is 9.50. The molecule has 4 aromatic rings. The molecule has 9 heteroatoms. The number of amides is 1. The Hall–Kier alpha value is -3.00. The summed E-state index contributed by atoms with van der Waals surface area (Å²) in [6, 6.07) is 22.7. The molecule has 0 aliphatic rings. The lowest BCUT2D eigenvalue weighted by Gasteiger charge is -2.21. The van der Waals surface area contributed by atoms with Gasteiger partial charge in [-0.05, 0) is 74.5 Å². The van der Waals surface area contributed by atoms with E-state index in [0.717, 1.165) is 35.7 Å². The largest absolute Gasteiger partial charge is 0.372 e. The van der Waals surface area contributed by atoms with Crippen molar-refractivity contribution in [1.29, 1.82) is 0 Å². The van der Waals surface area contributed by atoms with Gasteiger partial charge in [-0.3, -0.25) is 9.36 Å². The molecule has 0 radical (unpaired) electrons. The summed E-state index contributed by atoms with van der Waals surface area (Å²) in [5.74, 6) is 0.685. The topological polar surface area (TPSA) is 63.1 Å². The van der Waals surface area contributed by atoms with Crippen LogP contribution in [0.2, 0.25) is 10.0 Å². The molecule has 0 saturated carbocycles. The van der Waals surface area contributed by atoms with Crippen LogP contribution in [0.3, 0.4) is 0 Å². The van der Waals surface area contributed by atoms with E-state index in [2.05, 4.69) is 34.3 Å². The number of benzene rings is 3. The molecule has 35 heavy (non-hydrogen) atoms. The van der Waals surface area contributed by atoms with Crippen molar-refractivity contribution >= 4 is 52.2 Å². The van der Waals surface area contributed by atoms with E-state index in [0.29, 0.717) is 21.0 Å². The van der Waals surface area contributed by atoms with E-state index in [1.165, 1.54) is 11.8 Å². The molecule has 0 saturated heterocycles. The van der Waals surface area contributed by atoms with Gasteiger partial charge in [0.15, 0.2) is 11.0 Å². The lowest BCUT2D eigenvalue weighted by molar-refractivity contribution is -0.113. The van der Waals surface area contributed by atoms with Crippen molar-refractivity contribution in [3.63, 3.8) is 0 Å². The van der Waals surface area contributed by atoms with Crippen molar-refractivity contribution in [3.05, 3.63) is 82.8 Å². The molecule has 1 heterocycles. The highest BCUT2D eigenvalue weighted by Crippen LogP contribution is 2.30. The fourth-order valence-electron chi connectivity index (χ4n) is 3.67. The minimum Gasteiger partial charge on any atom is -0.372 e. The van der Waals surface area contributed by atoms with E-state index in [-0.39, 0.29) is 11.7 Å². The molecule has 0 atom stereocenters. The average molecular weight is 526 g/mol. The predicted octanol–water partition coefficient (Wildman–Crippen LogP) is 6.82. The Kier molecular flexibility index (Phi) is 8.33. The number of carbonyl (C=O) groups is 1. The normalized spacial score (nSPS) is 10.9. The van der Waals surface area contributed by atoms with Crippen LogP contribution in [0.15, 0.2) is 78.0 Å². The third-order valence-corrected chi connectivity index (χ3v) is 6.83. The van der Waals surface area contributed by atoms with Crippen LogP contribution in [0.25, 0.3) is 17.1 Å². The monoisotopic (exact) mass is 525 g/mol. The molecule has 1 amide bonds. The third-order valence-electron chi connectivity index (χ3n) is 5.41. The summed E-state index contributed by atoms with van der Waals surface area (Å²) in [5.41, 5.74) is 3.55. The first kappa shape index (κ1) is 25.1. The summed E-state index contributed by atoms with van der Waals surface area (Å²) >= 11 is 13.6. The number of hydrogen-bond acceptors (Lipinski definition) is 5. The number of carbonyl (C=O) groups excluding carboxylic acids is 1. The van der Waals surface area contributed by atoms with Crippen LogP contribution in [-0.2, 0) is 4.79 Å². The van der Waals surface area contributed by atoms with Crippen molar-refractivity contribution in [1.82, 2.24) is 14.8 Å². The summed E-state index contributed by atoms with van der Waals surface area (Å²) in [6.45, 7) is 6.11. The van der Waals surface area contributed by atoms with Gasteiger partial charge in [0.1, 0.15) is 0 Å². The maximum Gasteiger partial charge on any atom is 0.234 e. The zero-order valence-electron chi connectivity index (χ0n) is 19.4. The number of rotatable bonds is 9. The smallest absolute Gasteiger partial charge is 0.234 e. The van der Waals surface area contributed by atoms with Crippen LogP contribution in [0.1, 0.15) is 13.8 Å². The van der Waals surface area contributed by atoms with Gasteiger partial charge in [-0.25, -0.2) is 0 Å². The molecule has 0 bridgehead atoms. The fraction of sp³-hybridized carbons (Fsp3) is 0.192. The molecular formula is C26H25Cl2N5OS. The maximum absolute atomic E-state index is 12.7. The quantitative estimate of drug-likeness (QED) is 0.243. The van der Waals surface area contributed by atoms with Gasteiger partial charge >= 0.3 is 0 Å². The Bertz CT molecular complexity index is 1290. The number of thioether (sulfide) groups is 1. The highest BCUT2D eigenvalue weighted by molar-refractivity contribution is 7.99. The van der Waals surface area contributed by atoms with E-state index >= 15 is 0 Å². The van der Waals surface area contributed by atoms with Crippen molar-refractivity contribution < 1.29 is 4.79 Å². The predicted molar refractivity (Wildman–Crippen MR) is 146 cm³/mol. The van der Waals surface area contributed by atoms with Gasteiger partial charge in [-0.1, -0.05) is 47.1 Å². The standard InChI is InChI=1S/C26H25Cl2N5OS/c1-3-32(4-2)22-14-10-21(11-15-22)29-24(34)17-35-26-31-30-25(18-6-5-7-20(28)16-18)33(26)23-12-8-19(27)9-13-23/h5-16H,3-4,17H2,1-2H3,(H,29,34). The average Bonchev–Trinajstić information content (AvgIpc) is 3.29. The molecule has 0 unspecified atom stereocenters. The molecule has 1 aromatic heterocycles. The molecule has 4 rings (SSSR count). The van der Waals surface area contributed by atoms with Crippen LogP contribution in [-0.4, -0.2) is 39.5 Å². The highest BCUT2D eigenvalue weighted by atomic mass is 35.5.